The van der Waals surface area contributed by atoms with Crippen LogP contribution in [-0.4, -0.2) is 21.6 Å². The van der Waals surface area contributed by atoms with Crippen LogP contribution < -0.4 is 10.6 Å². The van der Waals surface area contributed by atoms with Crippen LogP contribution in [0.1, 0.15) is 16.7 Å². The number of aromatic nitrogens is 2. The zero-order valence-electron chi connectivity index (χ0n) is 23.3. The van der Waals surface area contributed by atoms with Crippen LogP contribution in [0.4, 0.5) is 42.1 Å². The van der Waals surface area contributed by atoms with Crippen molar-refractivity contribution in [2.75, 3.05) is 10.6 Å². The van der Waals surface area contributed by atoms with Crippen LogP contribution in [0, 0.1) is 5.82 Å². The average Bonchev–Trinajstić information content (AvgIpc) is 3.44. The van der Waals surface area contributed by atoms with Gasteiger partial charge in [0.2, 0.25) is 0 Å². The predicted molar refractivity (Wildman–Crippen MR) is 157 cm³/mol. The Morgan fingerprint density at radius 1 is 0.674 bits per heavy atom. The molecule has 5 rings (SSSR count). The lowest BCUT2D eigenvalue weighted by atomic mass is 10.0. The van der Waals surface area contributed by atoms with E-state index in [4.69, 9.17) is 0 Å². The van der Waals surface area contributed by atoms with Gasteiger partial charge >= 0.3 is 12.4 Å². The van der Waals surface area contributed by atoms with Gasteiger partial charge in [0.1, 0.15) is 11.4 Å². The minimum atomic E-state index is -4.73. The molecular formula is C33H21F7N4O2. The number of anilines is 2. The molecule has 5 aromatic rings. The number of alkyl halides is 6. The monoisotopic (exact) mass is 638 g/mol. The molecule has 0 fully saturated rings. The van der Waals surface area contributed by atoms with Crippen LogP contribution in [0.5, 0.6) is 0 Å². The fraction of sp³-hybridized carbons (Fsp3) is 0.0606. The molecule has 0 aliphatic heterocycles. The van der Waals surface area contributed by atoms with Gasteiger partial charge < -0.3 is 10.6 Å². The normalized spacial score (nSPS) is 11.5. The van der Waals surface area contributed by atoms with Gasteiger partial charge in [0.25, 0.3) is 11.8 Å². The Morgan fingerprint density at radius 2 is 1.20 bits per heavy atom. The second-order valence-electron chi connectivity index (χ2n) is 9.84. The lowest BCUT2D eigenvalue weighted by molar-refractivity contribution is -0.138. The molecule has 6 nitrogen and oxygen atoms in total. The van der Waals surface area contributed by atoms with Crippen molar-refractivity contribution in [3.63, 3.8) is 0 Å². The van der Waals surface area contributed by atoms with Crippen LogP contribution >= 0.6 is 0 Å². The van der Waals surface area contributed by atoms with Gasteiger partial charge in [-0.1, -0.05) is 30.3 Å². The van der Waals surface area contributed by atoms with Gasteiger partial charge in [0, 0.05) is 28.7 Å². The molecule has 1 heterocycles. The zero-order valence-corrected chi connectivity index (χ0v) is 23.3. The standard InChI is InChI=1S/C33H21F7N4O2/c34-24-14-12-20(13-15-24)29-21(19-44(43-29)27-10-2-1-3-11-27)16-28(30(45)41-25-8-4-6-22(17-25)32(35,36)37)31(46)42-26-9-5-7-23(18-26)33(38,39)40/h1-19H,(H,41,45)(H,42,46). The third kappa shape index (κ3) is 7.49. The summed E-state index contributed by atoms with van der Waals surface area (Å²) in [6.45, 7) is 0. The number of hydrogen-bond acceptors (Lipinski definition) is 3. The van der Waals surface area contributed by atoms with E-state index in [9.17, 15) is 40.3 Å². The minimum Gasteiger partial charge on any atom is -0.322 e. The molecule has 0 saturated carbocycles. The largest absolute Gasteiger partial charge is 0.416 e. The van der Waals surface area contributed by atoms with Gasteiger partial charge in [-0.15, -0.1) is 0 Å². The molecule has 13 heteroatoms. The van der Waals surface area contributed by atoms with Gasteiger partial charge in [0.05, 0.1) is 22.5 Å². The summed E-state index contributed by atoms with van der Waals surface area (Å²) in [5.41, 5.74) is -2.08. The molecule has 0 radical (unpaired) electrons. The smallest absolute Gasteiger partial charge is 0.322 e. The summed E-state index contributed by atoms with van der Waals surface area (Å²) in [6, 6.07) is 21.2. The molecule has 4 aromatic carbocycles. The highest BCUT2D eigenvalue weighted by molar-refractivity contribution is 6.29. The Bertz CT molecular complexity index is 1840. The maximum Gasteiger partial charge on any atom is 0.416 e. The Morgan fingerprint density at radius 3 is 1.70 bits per heavy atom. The van der Waals surface area contributed by atoms with E-state index in [1.54, 1.807) is 30.3 Å². The van der Waals surface area contributed by atoms with Crippen LogP contribution in [0.3, 0.4) is 0 Å². The van der Waals surface area contributed by atoms with Crippen molar-refractivity contribution in [1.29, 1.82) is 0 Å². The fourth-order valence-corrected chi connectivity index (χ4v) is 4.37. The number of nitrogens with zero attached hydrogens (tertiary/aromatic N) is 2. The van der Waals surface area contributed by atoms with Crippen molar-refractivity contribution in [1.82, 2.24) is 9.78 Å². The maximum absolute atomic E-state index is 13.7. The summed E-state index contributed by atoms with van der Waals surface area (Å²) in [4.78, 5) is 27.1. The second kappa shape index (κ2) is 12.7. The number of carbonyl (C=O) groups excluding carboxylic acids is 2. The molecule has 0 bridgehead atoms. The first-order valence-electron chi connectivity index (χ1n) is 13.4. The lowest BCUT2D eigenvalue weighted by Gasteiger charge is -2.13. The maximum atomic E-state index is 13.7. The van der Waals surface area contributed by atoms with E-state index in [-0.39, 0.29) is 22.6 Å². The van der Waals surface area contributed by atoms with Gasteiger partial charge in [-0.05, 0) is 78.9 Å². The highest BCUT2D eigenvalue weighted by Gasteiger charge is 2.32. The van der Waals surface area contributed by atoms with Gasteiger partial charge in [-0.25, -0.2) is 9.07 Å². The molecular weight excluding hydrogens is 617 g/mol. The summed E-state index contributed by atoms with van der Waals surface area (Å²) in [5.74, 6) is -2.87. The first-order valence-corrected chi connectivity index (χ1v) is 13.4. The molecule has 0 aliphatic carbocycles. The third-order valence-corrected chi connectivity index (χ3v) is 6.57. The molecule has 0 spiro atoms. The van der Waals surface area contributed by atoms with E-state index in [1.165, 1.54) is 47.3 Å². The molecule has 0 saturated heterocycles. The first-order chi connectivity index (χ1) is 21.8. The van der Waals surface area contributed by atoms with Crippen LogP contribution in [-0.2, 0) is 21.9 Å². The number of rotatable bonds is 7. The number of carbonyl (C=O) groups is 2. The molecule has 0 aliphatic rings. The second-order valence-corrected chi connectivity index (χ2v) is 9.84. The summed E-state index contributed by atoms with van der Waals surface area (Å²) < 4.78 is 95.0. The third-order valence-electron chi connectivity index (χ3n) is 6.57. The topological polar surface area (TPSA) is 76.0 Å². The molecule has 2 amide bonds. The summed E-state index contributed by atoms with van der Waals surface area (Å²) in [7, 11) is 0. The van der Waals surface area contributed by atoms with Crippen molar-refractivity contribution in [3.8, 4) is 16.9 Å². The summed E-state index contributed by atoms with van der Waals surface area (Å²) in [5, 5.41) is 9.05. The zero-order chi connectivity index (χ0) is 33.1. The van der Waals surface area contributed by atoms with E-state index >= 15 is 0 Å². The van der Waals surface area contributed by atoms with Gasteiger partial charge in [-0.2, -0.15) is 31.4 Å². The Hall–Kier alpha value is -5.72. The Kier molecular flexibility index (Phi) is 8.76. The summed E-state index contributed by atoms with van der Waals surface area (Å²) in [6.07, 6.45) is -6.90. The molecule has 1 aromatic heterocycles. The van der Waals surface area contributed by atoms with Gasteiger partial charge in [0.15, 0.2) is 0 Å². The van der Waals surface area contributed by atoms with Crippen molar-refractivity contribution >= 4 is 29.3 Å². The van der Waals surface area contributed by atoms with Crippen molar-refractivity contribution < 1.29 is 40.3 Å². The Labute approximate surface area is 256 Å². The molecule has 2 N–H and O–H groups in total. The SMILES string of the molecule is O=C(Nc1cccc(C(F)(F)F)c1)C(=Cc1cn(-c2ccccc2)nc1-c1ccc(F)cc1)C(=O)Nc1cccc(C(F)(F)F)c1. The van der Waals surface area contributed by atoms with Crippen LogP contribution in [0.25, 0.3) is 23.0 Å². The van der Waals surface area contributed by atoms with Crippen molar-refractivity contribution in [3.05, 3.63) is 137 Å². The number of halogens is 7. The number of benzene rings is 4. The van der Waals surface area contributed by atoms with Crippen LogP contribution in [0.15, 0.2) is 115 Å². The van der Waals surface area contributed by atoms with E-state index in [2.05, 4.69) is 15.7 Å². The summed E-state index contributed by atoms with van der Waals surface area (Å²) >= 11 is 0. The molecule has 46 heavy (non-hydrogen) atoms. The lowest BCUT2D eigenvalue weighted by Crippen LogP contribution is -2.25. The van der Waals surface area contributed by atoms with E-state index in [1.807, 2.05) is 0 Å². The molecule has 234 valence electrons. The van der Waals surface area contributed by atoms with E-state index in [0.717, 1.165) is 30.3 Å². The quantitative estimate of drug-likeness (QED) is 0.0814. The van der Waals surface area contributed by atoms with Gasteiger partial charge in [-0.3, -0.25) is 9.59 Å². The average molecular weight is 639 g/mol. The van der Waals surface area contributed by atoms with Crippen molar-refractivity contribution in [2.45, 2.75) is 12.4 Å². The van der Waals surface area contributed by atoms with E-state index < -0.39 is 46.7 Å². The Balaban J connectivity index is 1.61. The van der Waals surface area contributed by atoms with E-state index in [0.29, 0.717) is 23.4 Å². The first kappa shape index (κ1) is 31.7. The molecule has 0 atom stereocenters. The van der Waals surface area contributed by atoms with Crippen molar-refractivity contribution in [2.24, 2.45) is 0 Å². The van der Waals surface area contributed by atoms with Crippen LogP contribution in [0.2, 0.25) is 0 Å². The highest BCUT2D eigenvalue weighted by atomic mass is 19.4. The number of hydrogen-bond donors (Lipinski definition) is 2. The predicted octanol–water partition coefficient (Wildman–Crippen LogP) is 8.38. The number of para-hydroxylation sites is 1. The highest BCUT2D eigenvalue weighted by Crippen LogP contribution is 2.33. The number of nitrogens with one attached hydrogen (secondary N) is 2. The molecule has 0 unspecified atom stereocenters. The number of amides is 2. The minimum absolute atomic E-state index is 0.156. The fourth-order valence-electron chi connectivity index (χ4n) is 4.37.